The second-order valence-electron chi connectivity index (χ2n) is 4.75. The van der Waals surface area contributed by atoms with Gasteiger partial charge in [-0.05, 0) is 53.6 Å². The minimum atomic E-state index is 0.124. The quantitative estimate of drug-likeness (QED) is 0.594. The molecule has 0 heterocycles. The molecule has 1 N–H and O–H groups in total. The molecule has 18 heavy (non-hydrogen) atoms. The largest absolute Gasteiger partial charge is 0.380 e. The molecule has 0 amide bonds. The van der Waals surface area contributed by atoms with Crippen molar-refractivity contribution in [1.82, 2.24) is 0 Å². The summed E-state index contributed by atoms with van der Waals surface area (Å²) in [7, 11) is 0. The third-order valence-corrected chi connectivity index (χ3v) is 4.58. The van der Waals surface area contributed by atoms with Crippen molar-refractivity contribution in [2.75, 3.05) is 5.32 Å². The number of halogens is 2. The van der Waals surface area contributed by atoms with E-state index in [1.54, 1.807) is 0 Å². The average molecular weight is 375 g/mol. The predicted molar refractivity (Wildman–Crippen MR) is 83.8 cm³/mol. The van der Waals surface area contributed by atoms with E-state index in [4.69, 9.17) is 11.6 Å². The number of nitrogens with one attached hydrogen (secondary N) is 1. The number of nitriles is 1. The summed E-state index contributed by atoms with van der Waals surface area (Å²) in [6, 6.07) is 8.57. The maximum absolute atomic E-state index is 9.26. The van der Waals surface area contributed by atoms with Gasteiger partial charge in [0, 0.05) is 20.3 Å². The Morgan fingerprint density at radius 1 is 1.28 bits per heavy atom. The zero-order valence-electron chi connectivity index (χ0n) is 10.1. The third kappa shape index (κ3) is 3.52. The van der Waals surface area contributed by atoms with Crippen LogP contribution in [0.2, 0.25) is 5.02 Å². The summed E-state index contributed by atoms with van der Waals surface area (Å²) >= 11 is 8.24. The van der Waals surface area contributed by atoms with Gasteiger partial charge in [-0.15, -0.1) is 0 Å². The van der Waals surface area contributed by atoms with Gasteiger partial charge >= 0.3 is 0 Å². The first-order valence-corrected chi connectivity index (χ1v) is 7.77. The zero-order chi connectivity index (χ0) is 13.0. The second kappa shape index (κ2) is 6.63. The molecule has 1 saturated carbocycles. The molecule has 2 atom stereocenters. The van der Waals surface area contributed by atoms with Crippen LogP contribution >= 0.6 is 34.2 Å². The van der Waals surface area contributed by atoms with Crippen LogP contribution < -0.4 is 5.32 Å². The van der Waals surface area contributed by atoms with Crippen molar-refractivity contribution in [3.63, 3.8) is 0 Å². The molecule has 1 fully saturated rings. The van der Waals surface area contributed by atoms with Gasteiger partial charge in [0.05, 0.1) is 12.0 Å². The van der Waals surface area contributed by atoms with Gasteiger partial charge in [-0.1, -0.05) is 30.9 Å². The predicted octanol–water partition coefficient (Wildman–Crippen LogP) is 4.83. The van der Waals surface area contributed by atoms with Gasteiger partial charge in [0.2, 0.25) is 0 Å². The van der Waals surface area contributed by atoms with E-state index in [2.05, 4.69) is 34.0 Å². The molecule has 2 rings (SSSR count). The molecule has 2 nitrogen and oxygen atoms in total. The lowest BCUT2D eigenvalue weighted by Crippen LogP contribution is -2.27. The van der Waals surface area contributed by atoms with Crippen molar-refractivity contribution in [3.05, 3.63) is 26.8 Å². The Bertz CT molecular complexity index is 456. The number of nitrogens with zero attached hydrogens (tertiary/aromatic N) is 1. The van der Waals surface area contributed by atoms with Gasteiger partial charge in [-0.25, -0.2) is 0 Å². The molecular weight excluding hydrogens is 359 g/mol. The molecule has 2 unspecified atom stereocenters. The zero-order valence-corrected chi connectivity index (χ0v) is 13.0. The fraction of sp³-hybridized carbons (Fsp3) is 0.500. The van der Waals surface area contributed by atoms with Crippen molar-refractivity contribution >= 4 is 39.9 Å². The summed E-state index contributed by atoms with van der Waals surface area (Å²) < 4.78 is 1.11. The van der Waals surface area contributed by atoms with E-state index < -0.39 is 0 Å². The van der Waals surface area contributed by atoms with E-state index in [9.17, 15) is 5.26 Å². The Hall–Kier alpha value is -0.470. The molecule has 1 aromatic carbocycles. The van der Waals surface area contributed by atoms with Gasteiger partial charge in [0.15, 0.2) is 0 Å². The number of hydrogen-bond acceptors (Lipinski definition) is 2. The maximum Gasteiger partial charge on any atom is 0.0677 e. The summed E-state index contributed by atoms with van der Waals surface area (Å²) in [5, 5.41) is 13.5. The topological polar surface area (TPSA) is 35.8 Å². The first kappa shape index (κ1) is 14.0. The highest BCUT2D eigenvalue weighted by Gasteiger charge is 2.23. The number of rotatable bonds is 2. The Kier molecular flexibility index (Phi) is 5.13. The van der Waals surface area contributed by atoms with E-state index in [0.29, 0.717) is 0 Å². The van der Waals surface area contributed by atoms with Crippen LogP contribution in [-0.4, -0.2) is 6.04 Å². The van der Waals surface area contributed by atoms with Gasteiger partial charge in [0.1, 0.15) is 0 Å². The van der Waals surface area contributed by atoms with E-state index in [0.717, 1.165) is 27.1 Å². The summed E-state index contributed by atoms with van der Waals surface area (Å²) in [5.41, 5.74) is 1.09. The van der Waals surface area contributed by atoms with E-state index in [1.807, 2.05) is 18.2 Å². The highest BCUT2D eigenvalue weighted by atomic mass is 127. The number of anilines is 1. The van der Waals surface area contributed by atoms with Gasteiger partial charge < -0.3 is 5.32 Å². The van der Waals surface area contributed by atoms with Crippen LogP contribution in [0.4, 0.5) is 5.69 Å². The van der Waals surface area contributed by atoms with Crippen LogP contribution in [0.25, 0.3) is 0 Å². The number of benzene rings is 1. The van der Waals surface area contributed by atoms with Crippen molar-refractivity contribution in [1.29, 1.82) is 5.26 Å². The molecule has 1 aromatic rings. The first-order valence-electron chi connectivity index (χ1n) is 6.32. The van der Waals surface area contributed by atoms with Crippen molar-refractivity contribution in [2.45, 2.75) is 38.1 Å². The minimum Gasteiger partial charge on any atom is -0.380 e. The summed E-state index contributed by atoms with van der Waals surface area (Å²) in [4.78, 5) is 0. The lowest BCUT2D eigenvalue weighted by atomic mass is 9.96. The molecule has 0 aliphatic heterocycles. The molecule has 1 aliphatic rings. The van der Waals surface area contributed by atoms with E-state index >= 15 is 0 Å². The Labute approximate surface area is 127 Å². The second-order valence-corrected chi connectivity index (χ2v) is 6.35. The Morgan fingerprint density at radius 2 is 2.06 bits per heavy atom. The van der Waals surface area contributed by atoms with Crippen LogP contribution in [0.3, 0.4) is 0 Å². The van der Waals surface area contributed by atoms with Crippen LogP contribution in [0.15, 0.2) is 18.2 Å². The molecule has 1 aliphatic carbocycles. The molecule has 4 heteroatoms. The first-order chi connectivity index (χ1) is 8.70. The average Bonchev–Trinajstić information content (AvgIpc) is 2.57. The molecule has 96 valence electrons. The summed E-state index contributed by atoms with van der Waals surface area (Å²) in [6.45, 7) is 0. The van der Waals surface area contributed by atoms with E-state index in [1.165, 1.54) is 19.3 Å². The van der Waals surface area contributed by atoms with Crippen LogP contribution in [0, 0.1) is 20.8 Å². The Morgan fingerprint density at radius 3 is 2.78 bits per heavy atom. The standard InChI is InChI=1S/C14H16ClIN2/c15-11-6-7-14(12(16)8-11)18-13-5-3-1-2-4-10(13)9-17/h6-8,10,13,18H,1-5H2. The molecule has 0 bridgehead atoms. The molecule has 0 spiro atoms. The molecular formula is C14H16ClIN2. The molecule has 0 aromatic heterocycles. The van der Waals surface area contributed by atoms with Crippen molar-refractivity contribution < 1.29 is 0 Å². The van der Waals surface area contributed by atoms with Crippen LogP contribution in [0.1, 0.15) is 32.1 Å². The third-order valence-electron chi connectivity index (χ3n) is 3.45. The monoisotopic (exact) mass is 374 g/mol. The van der Waals surface area contributed by atoms with Crippen LogP contribution in [-0.2, 0) is 0 Å². The molecule has 0 saturated heterocycles. The minimum absolute atomic E-state index is 0.124. The smallest absolute Gasteiger partial charge is 0.0677 e. The van der Waals surface area contributed by atoms with Crippen molar-refractivity contribution in [3.8, 4) is 6.07 Å². The van der Waals surface area contributed by atoms with Gasteiger partial charge in [0.25, 0.3) is 0 Å². The van der Waals surface area contributed by atoms with Crippen molar-refractivity contribution in [2.24, 2.45) is 5.92 Å². The van der Waals surface area contributed by atoms with Gasteiger partial charge in [-0.2, -0.15) is 5.26 Å². The summed E-state index contributed by atoms with van der Waals surface area (Å²) in [6.07, 6.45) is 5.72. The molecule has 0 radical (unpaired) electrons. The normalized spacial score (nSPS) is 24.1. The fourth-order valence-corrected chi connectivity index (χ4v) is 3.47. The highest BCUT2D eigenvalue weighted by molar-refractivity contribution is 14.1. The SMILES string of the molecule is N#CC1CCCCCC1Nc1ccc(Cl)cc1I. The highest BCUT2D eigenvalue weighted by Crippen LogP contribution is 2.29. The number of hydrogen-bond donors (Lipinski definition) is 1. The Balaban J connectivity index is 2.13. The fourth-order valence-electron chi connectivity index (χ4n) is 2.44. The van der Waals surface area contributed by atoms with Crippen LogP contribution in [0.5, 0.6) is 0 Å². The van der Waals surface area contributed by atoms with Gasteiger partial charge in [-0.3, -0.25) is 0 Å². The maximum atomic E-state index is 9.26. The van der Waals surface area contributed by atoms with E-state index in [-0.39, 0.29) is 12.0 Å². The lowest BCUT2D eigenvalue weighted by Gasteiger charge is -2.22. The summed E-state index contributed by atoms with van der Waals surface area (Å²) in [5.74, 6) is 0.124. The lowest BCUT2D eigenvalue weighted by molar-refractivity contribution is 0.514.